The normalized spacial score (nSPS) is 10.7. The van der Waals surface area contributed by atoms with Crippen LogP contribution < -0.4 is 0 Å². The number of hydrogen-bond acceptors (Lipinski definition) is 2. The molecule has 0 saturated carbocycles. The lowest BCUT2D eigenvalue weighted by Gasteiger charge is -1.90. The van der Waals surface area contributed by atoms with Crippen molar-refractivity contribution in [2.24, 2.45) is 0 Å². The van der Waals surface area contributed by atoms with Crippen molar-refractivity contribution in [3.63, 3.8) is 0 Å². The summed E-state index contributed by atoms with van der Waals surface area (Å²) in [5.41, 5.74) is 1.13. The third-order valence-corrected chi connectivity index (χ3v) is 3.88. The summed E-state index contributed by atoms with van der Waals surface area (Å²) in [6, 6.07) is 0. The van der Waals surface area contributed by atoms with Gasteiger partial charge >= 0.3 is 0 Å². The van der Waals surface area contributed by atoms with Gasteiger partial charge in [0.2, 0.25) is 0 Å². The number of aromatic nitrogens is 1. The maximum atomic E-state index is 4.31. The molecular weight excluding hydrogens is 360 g/mol. The molecule has 0 unspecified atom stereocenters. The average Bonchev–Trinajstić information content (AvgIpc) is 2.14. The second-order valence-electron chi connectivity index (χ2n) is 1.63. The van der Waals surface area contributed by atoms with E-state index < -0.39 is 0 Å². The molecule has 0 bridgehead atoms. The van der Waals surface area contributed by atoms with Crippen molar-refractivity contribution >= 4 is 56.5 Å². The zero-order chi connectivity index (χ0) is 6.85. The maximum Gasteiger partial charge on any atom is 0.116 e. The lowest BCUT2D eigenvalue weighted by molar-refractivity contribution is 1.20. The molecule has 0 N–H and O–H groups in total. The van der Waals surface area contributed by atoms with Gasteiger partial charge in [-0.2, -0.15) is 0 Å². The molecule has 1 aromatic heterocycles. The fourth-order valence-electron chi connectivity index (χ4n) is 0.472. The second-order valence-corrected chi connectivity index (χ2v) is 7.39. The standard InChI is InChI=1S/C5H5I2NS/c1-3-2-9-5(8-3)4(6)7/h2,4H,1H3. The molecule has 1 heterocycles. The highest BCUT2D eigenvalue weighted by molar-refractivity contribution is 14.2. The van der Waals surface area contributed by atoms with E-state index in [9.17, 15) is 0 Å². The summed E-state index contributed by atoms with van der Waals surface area (Å²) in [5, 5.41) is 3.30. The zero-order valence-corrected chi connectivity index (χ0v) is 9.90. The Bertz CT molecular complexity index is 197. The Kier molecular flexibility index (Phi) is 3.16. The number of thiazole rings is 1. The Morgan fingerprint density at radius 2 is 2.33 bits per heavy atom. The highest BCUT2D eigenvalue weighted by Crippen LogP contribution is 2.32. The van der Waals surface area contributed by atoms with Crippen molar-refractivity contribution in [3.8, 4) is 0 Å². The summed E-state index contributed by atoms with van der Waals surface area (Å²) in [4.78, 5) is 4.31. The van der Waals surface area contributed by atoms with E-state index in [-0.39, 0.29) is 0 Å². The first kappa shape index (κ1) is 8.19. The van der Waals surface area contributed by atoms with E-state index in [1.165, 1.54) is 5.01 Å². The molecule has 0 spiro atoms. The molecule has 4 heteroatoms. The third kappa shape index (κ3) is 2.30. The Balaban J connectivity index is 2.85. The average molecular weight is 365 g/mol. The Hall–Kier alpha value is 1.09. The molecule has 1 nitrogen and oxygen atoms in total. The Morgan fingerprint density at radius 3 is 2.56 bits per heavy atom. The van der Waals surface area contributed by atoms with E-state index in [0.717, 1.165) is 5.69 Å². The van der Waals surface area contributed by atoms with Gasteiger partial charge in [0.25, 0.3) is 0 Å². The van der Waals surface area contributed by atoms with Crippen LogP contribution >= 0.6 is 56.5 Å². The topological polar surface area (TPSA) is 12.9 Å². The molecule has 0 aliphatic heterocycles. The summed E-state index contributed by atoms with van der Waals surface area (Å²) >= 11 is 6.44. The predicted octanol–water partition coefficient (Wildman–Crippen LogP) is 3.32. The van der Waals surface area contributed by atoms with E-state index in [0.29, 0.717) is 1.93 Å². The number of halogens is 2. The van der Waals surface area contributed by atoms with Crippen LogP contribution in [0.5, 0.6) is 0 Å². The molecule has 50 valence electrons. The van der Waals surface area contributed by atoms with Crippen LogP contribution in [0.2, 0.25) is 0 Å². The summed E-state index contributed by atoms with van der Waals surface area (Å²) in [7, 11) is 0. The molecule has 1 aromatic rings. The largest absolute Gasteiger partial charge is 0.245 e. The summed E-state index contributed by atoms with van der Waals surface area (Å²) in [6.45, 7) is 2.02. The van der Waals surface area contributed by atoms with Crippen LogP contribution in [-0.4, -0.2) is 4.98 Å². The van der Waals surface area contributed by atoms with Gasteiger partial charge in [-0.15, -0.1) is 11.3 Å². The highest BCUT2D eigenvalue weighted by atomic mass is 127. The molecule has 0 fully saturated rings. The SMILES string of the molecule is Cc1csc(C(I)I)n1. The van der Waals surface area contributed by atoms with E-state index >= 15 is 0 Å². The minimum Gasteiger partial charge on any atom is -0.245 e. The number of hydrogen-bond donors (Lipinski definition) is 0. The fraction of sp³-hybridized carbons (Fsp3) is 0.400. The predicted molar refractivity (Wildman–Crippen MR) is 57.6 cm³/mol. The van der Waals surface area contributed by atoms with Gasteiger partial charge in [-0.25, -0.2) is 4.98 Å². The molecule has 0 amide bonds. The minimum atomic E-state index is 0.527. The van der Waals surface area contributed by atoms with Crippen LogP contribution in [0, 0.1) is 6.92 Å². The number of aryl methyl sites for hydroxylation is 1. The Labute approximate surface area is 85.5 Å². The van der Waals surface area contributed by atoms with Crippen molar-refractivity contribution in [2.45, 2.75) is 8.86 Å². The molecule has 1 rings (SSSR count). The van der Waals surface area contributed by atoms with E-state index in [2.05, 4.69) is 55.5 Å². The second kappa shape index (κ2) is 3.47. The molecule has 9 heavy (non-hydrogen) atoms. The Morgan fingerprint density at radius 1 is 1.67 bits per heavy atom. The van der Waals surface area contributed by atoms with Gasteiger partial charge in [-0.3, -0.25) is 0 Å². The van der Waals surface area contributed by atoms with Crippen molar-refractivity contribution in [2.75, 3.05) is 0 Å². The van der Waals surface area contributed by atoms with Crippen LogP contribution in [-0.2, 0) is 0 Å². The molecule has 0 aliphatic carbocycles. The van der Waals surface area contributed by atoms with Crippen LogP contribution in [0.4, 0.5) is 0 Å². The lowest BCUT2D eigenvalue weighted by atomic mass is 10.6. The molecular formula is C5H5I2NS. The number of nitrogens with zero attached hydrogens (tertiary/aromatic N) is 1. The van der Waals surface area contributed by atoms with E-state index in [1.54, 1.807) is 11.3 Å². The quantitative estimate of drug-likeness (QED) is 0.550. The van der Waals surface area contributed by atoms with Crippen LogP contribution in [0.15, 0.2) is 5.38 Å². The van der Waals surface area contributed by atoms with Crippen LogP contribution in [0.3, 0.4) is 0 Å². The van der Waals surface area contributed by atoms with Gasteiger partial charge in [-0.05, 0) is 6.92 Å². The van der Waals surface area contributed by atoms with Crippen molar-refractivity contribution in [1.29, 1.82) is 0 Å². The molecule has 0 atom stereocenters. The van der Waals surface area contributed by atoms with Crippen LogP contribution in [0.25, 0.3) is 0 Å². The molecule has 0 aliphatic rings. The van der Waals surface area contributed by atoms with Crippen LogP contribution in [0.1, 0.15) is 12.6 Å². The first-order chi connectivity index (χ1) is 4.20. The van der Waals surface area contributed by atoms with Crippen molar-refractivity contribution in [1.82, 2.24) is 4.98 Å². The summed E-state index contributed by atoms with van der Waals surface area (Å²) in [5.74, 6) is 0. The zero-order valence-electron chi connectivity index (χ0n) is 4.77. The first-order valence-electron chi connectivity index (χ1n) is 2.40. The van der Waals surface area contributed by atoms with Gasteiger partial charge in [0, 0.05) is 11.1 Å². The maximum absolute atomic E-state index is 4.31. The monoisotopic (exact) mass is 365 g/mol. The molecule has 0 saturated heterocycles. The van der Waals surface area contributed by atoms with E-state index in [4.69, 9.17) is 0 Å². The van der Waals surface area contributed by atoms with Gasteiger partial charge in [0.15, 0.2) is 0 Å². The highest BCUT2D eigenvalue weighted by Gasteiger charge is 2.04. The third-order valence-electron chi connectivity index (χ3n) is 0.823. The first-order valence-corrected chi connectivity index (χ1v) is 5.77. The van der Waals surface area contributed by atoms with E-state index in [1.807, 2.05) is 6.92 Å². The molecule has 0 radical (unpaired) electrons. The van der Waals surface area contributed by atoms with Gasteiger partial charge in [-0.1, -0.05) is 45.2 Å². The van der Waals surface area contributed by atoms with Crippen molar-refractivity contribution in [3.05, 3.63) is 16.1 Å². The summed E-state index contributed by atoms with van der Waals surface area (Å²) in [6.07, 6.45) is 0. The van der Waals surface area contributed by atoms with Gasteiger partial charge < -0.3 is 0 Å². The molecule has 0 aromatic carbocycles. The smallest absolute Gasteiger partial charge is 0.116 e. The van der Waals surface area contributed by atoms with Gasteiger partial charge in [0.05, 0.1) is 0 Å². The lowest BCUT2D eigenvalue weighted by Crippen LogP contribution is -1.76. The number of alkyl halides is 2. The van der Waals surface area contributed by atoms with Crippen molar-refractivity contribution < 1.29 is 0 Å². The minimum absolute atomic E-state index is 0.527. The van der Waals surface area contributed by atoms with Gasteiger partial charge in [0.1, 0.15) is 6.94 Å². The fourth-order valence-corrected chi connectivity index (χ4v) is 2.28. The number of rotatable bonds is 1. The summed E-state index contributed by atoms with van der Waals surface area (Å²) < 4.78 is 0.527.